The van der Waals surface area contributed by atoms with Crippen molar-refractivity contribution in [3.8, 4) is 0 Å². The maximum Gasteiger partial charge on any atom is 0.123 e. The van der Waals surface area contributed by atoms with E-state index in [4.69, 9.17) is 0 Å². The van der Waals surface area contributed by atoms with Crippen LogP contribution in [0.2, 0.25) is 0 Å². The molecule has 5 heteroatoms. The molecule has 0 unspecified atom stereocenters. The van der Waals surface area contributed by atoms with Gasteiger partial charge in [-0.3, -0.25) is 0 Å². The zero-order valence-corrected chi connectivity index (χ0v) is 13.9. The Bertz CT molecular complexity index is 552. The molecule has 0 bridgehead atoms. The van der Waals surface area contributed by atoms with Gasteiger partial charge in [0.05, 0.1) is 5.69 Å². The third-order valence-corrected chi connectivity index (χ3v) is 4.52. The zero-order valence-electron chi connectivity index (χ0n) is 9.18. The average molecular weight is 438 g/mol. The SMILES string of the molecule is Fc1ccc(Br)c(CNc2c(Br)cccc2Br)c1. The van der Waals surface area contributed by atoms with E-state index in [0.717, 1.165) is 24.7 Å². The molecule has 0 aliphatic carbocycles. The Morgan fingerprint density at radius 3 is 2.28 bits per heavy atom. The zero-order chi connectivity index (χ0) is 13.1. The summed E-state index contributed by atoms with van der Waals surface area (Å²) in [6.45, 7) is 0.541. The number of halogens is 4. The summed E-state index contributed by atoms with van der Waals surface area (Å²) in [5.41, 5.74) is 1.83. The predicted molar refractivity (Wildman–Crippen MR) is 83.3 cm³/mol. The van der Waals surface area contributed by atoms with E-state index in [-0.39, 0.29) is 5.82 Å². The van der Waals surface area contributed by atoms with Crippen LogP contribution in [0.25, 0.3) is 0 Å². The molecule has 0 fully saturated rings. The van der Waals surface area contributed by atoms with Crippen molar-refractivity contribution in [3.63, 3.8) is 0 Å². The maximum absolute atomic E-state index is 13.2. The lowest BCUT2D eigenvalue weighted by molar-refractivity contribution is 0.625. The number of hydrogen-bond acceptors (Lipinski definition) is 1. The van der Waals surface area contributed by atoms with Crippen molar-refractivity contribution < 1.29 is 4.39 Å². The van der Waals surface area contributed by atoms with Crippen LogP contribution in [0.5, 0.6) is 0 Å². The summed E-state index contributed by atoms with van der Waals surface area (Å²) in [4.78, 5) is 0. The Morgan fingerprint density at radius 1 is 0.944 bits per heavy atom. The van der Waals surface area contributed by atoms with Gasteiger partial charge >= 0.3 is 0 Å². The van der Waals surface area contributed by atoms with E-state index in [2.05, 4.69) is 53.1 Å². The highest BCUT2D eigenvalue weighted by atomic mass is 79.9. The van der Waals surface area contributed by atoms with Crippen LogP contribution in [0.15, 0.2) is 49.8 Å². The van der Waals surface area contributed by atoms with Crippen LogP contribution < -0.4 is 5.32 Å². The normalized spacial score (nSPS) is 10.4. The van der Waals surface area contributed by atoms with Gasteiger partial charge in [-0.1, -0.05) is 22.0 Å². The van der Waals surface area contributed by atoms with Gasteiger partial charge in [0.15, 0.2) is 0 Å². The number of rotatable bonds is 3. The second-order valence-electron chi connectivity index (χ2n) is 3.69. The molecule has 2 aromatic carbocycles. The Labute approximate surface area is 130 Å². The van der Waals surface area contributed by atoms with E-state index >= 15 is 0 Å². The van der Waals surface area contributed by atoms with Crippen LogP contribution in [0.4, 0.5) is 10.1 Å². The highest BCUT2D eigenvalue weighted by Crippen LogP contribution is 2.31. The minimum atomic E-state index is -0.235. The fourth-order valence-electron chi connectivity index (χ4n) is 1.53. The number of hydrogen-bond donors (Lipinski definition) is 1. The average Bonchev–Trinajstić information content (AvgIpc) is 2.33. The molecule has 0 aromatic heterocycles. The van der Waals surface area contributed by atoms with Crippen molar-refractivity contribution in [2.45, 2.75) is 6.54 Å². The summed E-state index contributed by atoms with van der Waals surface area (Å²) in [5, 5.41) is 3.28. The van der Waals surface area contributed by atoms with Gasteiger partial charge in [-0.25, -0.2) is 4.39 Å². The van der Waals surface area contributed by atoms with Gasteiger partial charge in [-0.05, 0) is 67.8 Å². The highest BCUT2D eigenvalue weighted by Gasteiger charge is 2.06. The van der Waals surface area contributed by atoms with E-state index < -0.39 is 0 Å². The molecule has 2 rings (SSSR count). The van der Waals surface area contributed by atoms with Gasteiger partial charge in [-0.2, -0.15) is 0 Å². The Balaban J connectivity index is 2.19. The van der Waals surface area contributed by atoms with E-state index in [0.29, 0.717) is 6.54 Å². The summed E-state index contributed by atoms with van der Waals surface area (Å²) in [7, 11) is 0. The fourth-order valence-corrected chi connectivity index (χ4v) is 3.19. The Morgan fingerprint density at radius 2 is 1.61 bits per heavy atom. The van der Waals surface area contributed by atoms with Gasteiger partial charge in [0.25, 0.3) is 0 Å². The second-order valence-corrected chi connectivity index (χ2v) is 6.25. The standard InChI is InChI=1S/C13H9Br3FN/c14-10-5-4-9(17)6-8(10)7-18-13-11(15)2-1-3-12(13)16/h1-6,18H,7H2. The van der Waals surface area contributed by atoms with E-state index in [1.54, 1.807) is 6.07 Å². The maximum atomic E-state index is 13.2. The number of para-hydroxylation sites is 1. The monoisotopic (exact) mass is 435 g/mol. The van der Waals surface area contributed by atoms with E-state index in [9.17, 15) is 4.39 Å². The highest BCUT2D eigenvalue weighted by molar-refractivity contribution is 9.11. The molecule has 0 amide bonds. The Hall–Kier alpha value is -0.390. The lowest BCUT2D eigenvalue weighted by Gasteiger charge is -2.11. The topological polar surface area (TPSA) is 12.0 Å². The molecule has 0 heterocycles. The van der Waals surface area contributed by atoms with Gasteiger partial charge < -0.3 is 5.32 Å². The van der Waals surface area contributed by atoms with Gasteiger partial charge in [-0.15, -0.1) is 0 Å². The quantitative estimate of drug-likeness (QED) is 0.647. The first-order valence-corrected chi connectivity index (χ1v) is 7.57. The molecule has 94 valence electrons. The summed E-state index contributed by atoms with van der Waals surface area (Å²) >= 11 is 10.4. The third kappa shape index (κ3) is 3.33. The molecule has 2 aromatic rings. The molecule has 18 heavy (non-hydrogen) atoms. The smallest absolute Gasteiger partial charge is 0.123 e. The van der Waals surface area contributed by atoms with Crippen LogP contribution in [0.3, 0.4) is 0 Å². The first kappa shape index (κ1) is 14.0. The predicted octanol–water partition coefficient (Wildman–Crippen LogP) is 5.73. The van der Waals surface area contributed by atoms with Crippen molar-refractivity contribution in [1.29, 1.82) is 0 Å². The van der Waals surface area contributed by atoms with Crippen LogP contribution in [0.1, 0.15) is 5.56 Å². The first-order chi connectivity index (χ1) is 8.58. The lowest BCUT2D eigenvalue weighted by atomic mass is 10.2. The van der Waals surface area contributed by atoms with Crippen molar-refractivity contribution >= 4 is 53.5 Å². The van der Waals surface area contributed by atoms with Crippen molar-refractivity contribution in [2.24, 2.45) is 0 Å². The fraction of sp³-hybridized carbons (Fsp3) is 0.0769. The third-order valence-electron chi connectivity index (χ3n) is 2.43. The van der Waals surface area contributed by atoms with Crippen LogP contribution in [0, 0.1) is 5.82 Å². The minimum absolute atomic E-state index is 0.235. The number of benzene rings is 2. The molecular formula is C13H9Br3FN. The summed E-state index contributed by atoms with van der Waals surface area (Å²) in [5.74, 6) is -0.235. The molecule has 0 atom stereocenters. The van der Waals surface area contributed by atoms with Gasteiger partial charge in [0.2, 0.25) is 0 Å². The lowest BCUT2D eigenvalue weighted by Crippen LogP contribution is -2.02. The van der Waals surface area contributed by atoms with Crippen molar-refractivity contribution in [2.75, 3.05) is 5.32 Å². The molecule has 1 nitrogen and oxygen atoms in total. The molecule has 0 radical (unpaired) electrons. The van der Waals surface area contributed by atoms with E-state index in [1.165, 1.54) is 12.1 Å². The molecule has 0 aliphatic rings. The van der Waals surface area contributed by atoms with Crippen molar-refractivity contribution in [3.05, 3.63) is 61.2 Å². The van der Waals surface area contributed by atoms with Crippen LogP contribution in [-0.4, -0.2) is 0 Å². The molecule has 0 saturated heterocycles. The first-order valence-electron chi connectivity index (χ1n) is 5.20. The summed E-state index contributed by atoms with van der Waals surface area (Å²) < 4.78 is 16.0. The summed E-state index contributed by atoms with van der Waals surface area (Å²) in [6, 6.07) is 10.5. The molecule has 1 N–H and O–H groups in total. The number of anilines is 1. The van der Waals surface area contributed by atoms with Crippen molar-refractivity contribution in [1.82, 2.24) is 0 Å². The molecule has 0 aliphatic heterocycles. The van der Waals surface area contributed by atoms with Crippen LogP contribution in [-0.2, 0) is 6.54 Å². The largest absolute Gasteiger partial charge is 0.379 e. The van der Waals surface area contributed by atoms with Gasteiger partial charge in [0, 0.05) is 20.0 Å². The van der Waals surface area contributed by atoms with Crippen LogP contribution >= 0.6 is 47.8 Å². The van der Waals surface area contributed by atoms with Gasteiger partial charge in [0.1, 0.15) is 5.82 Å². The van der Waals surface area contributed by atoms with E-state index in [1.807, 2.05) is 18.2 Å². The molecular weight excluding hydrogens is 429 g/mol. The number of nitrogens with one attached hydrogen (secondary N) is 1. The second kappa shape index (κ2) is 6.17. The minimum Gasteiger partial charge on any atom is -0.379 e. The molecule has 0 saturated carbocycles. The molecule has 0 spiro atoms. The Kier molecular flexibility index (Phi) is 4.81. The summed E-state index contributed by atoms with van der Waals surface area (Å²) in [6.07, 6.45) is 0.